The molecule has 6 heteroatoms. The van der Waals surface area contributed by atoms with Crippen molar-refractivity contribution in [3.8, 4) is 0 Å². The zero-order valence-corrected chi connectivity index (χ0v) is 21.6. The van der Waals surface area contributed by atoms with Crippen molar-refractivity contribution in [1.29, 1.82) is 0 Å². The van der Waals surface area contributed by atoms with Crippen molar-refractivity contribution in [3.63, 3.8) is 0 Å². The quantitative estimate of drug-likeness (QED) is 0.298. The zero-order valence-electron chi connectivity index (χ0n) is 20.8. The summed E-state index contributed by atoms with van der Waals surface area (Å²) in [6.07, 6.45) is 6.53. The maximum absolute atomic E-state index is 10.8. The van der Waals surface area contributed by atoms with Crippen molar-refractivity contribution in [3.05, 3.63) is 70.8 Å². The SMILES string of the molecule is CCc1cc(/C=C/C(=O)O)ccc1SN(C)C[C@H](O)CNC(C)(C)CC1Cc2ccccc2C1. The molecule has 0 bridgehead atoms. The summed E-state index contributed by atoms with van der Waals surface area (Å²) < 4.78 is 2.06. The van der Waals surface area contributed by atoms with E-state index in [4.69, 9.17) is 5.11 Å². The number of benzene rings is 2. The Kier molecular flexibility index (Phi) is 9.37. The third-order valence-corrected chi connectivity index (χ3v) is 7.41. The highest BCUT2D eigenvalue weighted by molar-refractivity contribution is 7.97. The fourth-order valence-corrected chi connectivity index (χ4v) is 5.82. The average molecular weight is 483 g/mol. The first-order valence-corrected chi connectivity index (χ1v) is 12.9. The second-order valence-electron chi connectivity index (χ2n) is 9.96. The van der Waals surface area contributed by atoms with Crippen molar-refractivity contribution < 1.29 is 15.0 Å². The van der Waals surface area contributed by atoms with Crippen LogP contribution in [0, 0.1) is 5.92 Å². The molecule has 0 radical (unpaired) electrons. The van der Waals surface area contributed by atoms with Gasteiger partial charge in [-0.05, 0) is 98.8 Å². The smallest absolute Gasteiger partial charge is 0.328 e. The van der Waals surface area contributed by atoms with E-state index in [1.807, 2.05) is 25.2 Å². The highest BCUT2D eigenvalue weighted by Gasteiger charge is 2.28. The lowest BCUT2D eigenvalue weighted by atomic mass is 9.88. The molecular formula is C28H38N2O3S. The van der Waals surface area contributed by atoms with E-state index in [2.05, 4.69) is 54.7 Å². The molecule has 0 saturated carbocycles. The normalized spacial score (nSPS) is 15.2. The maximum atomic E-state index is 10.8. The number of likely N-dealkylation sites (N-methyl/N-ethyl adjacent to an activating group) is 1. The summed E-state index contributed by atoms with van der Waals surface area (Å²) in [5.74, 6) is -0.300. The molecule has 0 aromatic heterocycles. The van der Waals surface area contributed by atoms with Gasteiger partial charge in [0.05, 0.1) is 6.10 Å². The number of carbonyl (C=O) groups is 1. The van der Waals surface area contributed by atoms with Gasteiger partial charge in [0, 0.05) is 29.6 Å². The molecule has 3 N–H and O–H groups in total. The minimum absolute atomic E-state index is 0.0336. The summed E-state index contributed by atoms with van der Waals surface area (Å²) in [7, 11) is 1.99. The molecule has 184 valence electrons. The number of carboxylic acids is 1. The molecule has 3 rings (SSSR count). The minimum Gasteiger partial charge on any atom is -0.478 e. The number of aliphatic hydroxyl groups excluding tert-OH is 1. The Morgan fingerprint density at radius 3 is 2.53 bits per heavy atom. The van der Waals surface area contributed by atoms with Crippen LogP contribution in [0.25, 0.3) is 6.08 Å². The van der Waals surface area contributed by atoms with Gasteiger partial charge < -0.3 is 15.5 Å². The van der Waals surface area contributed by atoms with Crippen LogP contribution in [0.1, 0.15) is 49.4 Å². The monoisotopic (exact) mass is 482 g/mol. The molecule has 1 aliphatic rings. The predicted molar refractivity (Wildman–Crippen MR) is 141 cm³/mol. The number of β-amino-alcohol motifs (C(OH)–C–C–N with tert-alkyl or cyclic N) is 1. The van der Waals surface area contributed by atoms with E-state index in [1.54, 1.807) is 18.0 Å². The summed E-state index contributed by atoms with van der Waals surface area (Å²) in [5.41, 5.74) is 4.98. The van der Waals surface area contributed by atoms with Gasteiger partial charge in [0.25, 0.3) is 0 Å². The first-order valence-electron chi connectivity index (χ1n) is 12.1. The summed E-state index contributed by atoms with van der Waals surface area (Å²) in [6.45, 7) is 7.65. The van der Waals surface area contributed by atoms with E-state index in [0.717, 1.165) is 47.8 Å². The van der Waals surface area contributed by atoms with E-state index in [1.165, 1.54) is 11.1 Å². The second-order valence-corrected chi connectivity index (χ2v) is 11.2. The summed E-state index contributed by atoms with van der Waals surface area (Å²) in [4.78, 5) is 11.9. The highest BCUT2D eigenvalue weighted by atomic mass is 32.2. The summed E-state index contributed by atoms with van der Waals surface area (Å²) >= 11 is 1.61. The van der Waals surface area contributed by atoms with E-state index in [-0.39, 0.29) is 5.54 Å². The molecule has 1 aliphatic carbocycles. The van der Waals surface area contributed by atoms with E-state index < -0.39 is 12.1 Å². The number of aliphatic hydroxyl groups is 1. The maximum Gasteiger partial charge on any atom is 0.328 e. The van der Waals surface area contributed by atoms with Gasteiger partial charge in [0.1, 0.15) is 0 Å². The largest absolute Gasteiger partial charge is 0.478 e. The van der Waals surface area contributed by atoms with Crippen LogP contribution in [0.2, 0.25) is 0 Å². The van der Waals surface area contributed by atoms with Crippen LogP contribution in [-0.4, -0.2) is 52.3 Å². The minimum atomic E-state index is -0.949. The number of hydrogen-bond donors (Lipinski definition) is 3. The van der Waals surface area contributed by atoms with Crippen molar-refractivity contribution in [1.82, 2.24) is 9.62 Å². The van der Waals surface area contributed by atoms with Gasteiger partial charge in [-0.15, -0.1) is 0 Å². The number of nitrogens with one attached hydrogen (secondary N) is 1. The number of carboxylic acid groups (broad SMARTS) is 1. The van der Waals surface area contributed by atoms with Crippen molar-refractivity contribution >= 4 is 24.0 Å². The molecular weight excluding hydrogens is 444 g/mol. The first kappa shape index (κ1) is 26.5. The third-order valence-electron chi connectivity index (χ3n) is 6.36. The molecule has 0 unspecified atom stereocenters. The third kappa shape index (κ3) is 7.98. The number of rotatable bonds is 12. The number of aryl methyl sites for hydroxylation is 1. The number of aliphatic carboxylic acids is 1. The molecule has 0 spiro atoms. The summed E-state index contributed by atoms with van der Waals surface area (Å²) in [6, 6.07) is 14.7. The topological polar surface area (TPSA) is 72.8 Å². The Bertz CT molecular complexity index is 980. The highest BCUT2D eigenvalue weighted by Crippen LogP contribution is 2.32. The molecule has 0 aliphatic heterocycles. The molecule has 2 aromatic carbocycles. The number of hydrogen-bond acceptors (Lipinski definition) is 5. The Balaban J connectivity index is 1.46. The fraction of sp³-hybridized carbons (Fsp3) is 0.464. The molecule has 0 fully saturated rings. The fourth-order valence-electron chi connectivity index (χ4n) is 4.78. The van der Waals surface area contributed by atoms with Crippen molar-refractivity contribution in [2.24, 2.45) is 5.92 Å². The van der Waals surface area contributed by atoms with Crippen molar-refractivity contribution in [2.45, 2.75) is 63.0 Å². The first-order chi connectivity index (χ1) is 16.1. The molecule has 0 saturated heterocycles. The number of fused-ring (bicyclic) bond motifs is 1. The molecule has 34 heavy (non-hydrogen) atoms. The van der Waals surface area contributed by atoms with Gasteiger partial charge in [-0.2, -0.15) is 0 Å². The van der Waals surface area contributed by atoms with E-state index in [9.17, 15) is 9.90 Å². The molecule has 0 heterocycles. The van der Waals surface area contributed by atoms with Crippen LogP contribution in [0.5, 0.6) is 0 Å². The van der Waals surface area contributed by atoms with Gasteiger partial charge in [-0.1, -0.05) is 43.3 Å². The van der Waals surface area contributed by atoms with Gasteiger partial charge in [0.2, 0.25) is 0 Å². The van der Waals surface area contributed by atoms with Gasteiger partial charge in [0.15, 0.2) is 0 Å². The lowest BCUT2D eigenvalue weighted by molar-refractivity contribution is -0.131. The predicted octanol–water partition coefficient (Wildman–Crippen LogP) is 4.82. The Morgan fingerprint density at radius 1 is 1.24 bits per heavy atom. The van der Waals surface area contributed by atoms with Crippen LogP contribution in [-0.2, 0) is 24.1 Å². The van der Waals surface area contributed by atoms with Gasteiger partial charge in [-0.25, -0.2) is 9.10 Å². The van der Waals surface area contributed by atoms with Gasteiger partial charge >= 0.3 is 5.97 Å². The average Bonchev–Trinajstić information content (AvgIpc) is 3.18. The van der Waals surface area contributed by atoms with E-state index >= 15 is 0 Å². The second kappa shape index (κ2) is 12.0. The Morgan fingerprint density at radius 2 is 1.91 bits per heavy atom. The lowest BCUT2D eigenvalue weighted by Crippen LogP contribution is -2.46. The Hall–Kier alpha value is -2.12. The molecule has 0 amide bonds. The standard InChI is InChI=1S/C28H38N2O3S/c1-5-22-14-20(11-13-27(32)33)10-12-26(22)34-30(4)19-25(31)18-29-28(2,3)17-21-15-23-8-6-7-9-24(23)16-21/h6-14,21,25,29,31H,5,15-19H2,1-4H3,(H,32,33)/b13-11+/t25-/m1/s1. The molecule has 1 atom stereocenters. The van der Waals surface area contributed by atoms with Gasteiger partial charge in [-0.3, -0.25) is 0 Å². The van der Waals surface area contributed by atoms with Crippen LogP contribution in [0.3, 0.4) is 0 Å². The van der Waals surface area contributed by atoms with Crippen LogP contribution < -0.4 is 5.32 Å². The van der Waals surface area contributed by atoms with Crippen LogP contribution in [0.15, 0.2) is 53.4 Å². The molecule has 2 aromatic rings. The van der Waals surface area contributed by atoms with Crippen LogP contribution in [0.4, 0.5) is 0 Å². The van der Waals surface area contributed by atoms with E-state index in [0.29, 0.717) is 19.0 Å². The zero-order chi connectivity index (χ0) is 24.7. The van der Waals surface area contributed by atoms with Crippen LogP contribution >= 0.6 is 11.9 Å². The number of nitrogens with zero attached hydrogens (tertiary/aromatic N) is 1. The lowest BCUT2D eigenvalue weighted by Gasteiger charge is -2.31. The Labute approximate surface area is 208 Å². The molecule has 5 nitrogen and oxygen atoms in total. The van der Waals surface area contributed by atoms with Crippen molar-refractivity contribution in [2.75, 3.05) is 20.1 Å². The summed E-state index contributed by atoms with van der Waals surface area (Å²) in [5, 5.41) is 23.1.